The number of pyridine rings is 1. The van der Waals surface area contributed by atoms with E-state index < -0.39 is 5.97 Å². The van der Waals surface area contributed by atoms with Crippen LogP contribution in [0.5, 0.6) is 0 Å². The molecule has 0 saturated heterocycles. The molecule has 1 N–H and O–H groups in total. The monoisotopic (exact) mass is 245 g/mol. The number of carbonyl (C=O) groups is 1. The molecule has 0 radical (unpaired) electrons. The molecule has 18 heavy (non-hydrogen) atoms. The molecule has 1 fully saturated rings. The zero-order valence-corrected chi connectivity index (χ0v) is 10.4. The second-order valence-electron chi connectivity index (χ2n) is 5.01. The van der Waals surface area contributed by atoms with E-state index in [0.29, 0.717) is 17.7 Å². The topological polar surface area (TPSA) is 68.0 Å². The Balaban J connectivity index is 2.13. The lowest BCUT2D eigenvalue weighted by Gasteiger charge is -2.12. The summed E-state index contributed by atoms with van der Waals surface area (Å²) in [5.74, 6) is -0.251. The Morgan fingerprint density at radius 1 is 1.56 bits per heavy atom. The molecule has 2 aromatic rings. The van der Waals surface area contributed by atoms with Crippen molar-refractivity contribution in [3.8, 4) is 0 Å². The van der Waals surface area contributed by atoms with Crippen molar-refractivity contribution in [3.05, 3.63) is 23.5 Å². The molecular formula is C13H15N3O2. The highest BCUT2D eigenvalue weighted by molar-refractivity contribution is 5.93. The van der Waals surface area contributed by atoms with Crippen LogP contribution in [0.1, 0.15) is 41.9 Å². The summed E-state index contributed by atoms with van der Waals surface area (Å²) in [4.78, 5) is 15.5. The van der Waals surface area contributed by atoms with Crippen LogP contribution >= 0.6 is 0 Å². The molecule has 0 bridgehead atoms. The molecule has 1 aliphatic rings. The second-order valence-corrected chi connectivity index (χ2v) is 5.01. The molecule has 0 spiro atoms. The highest BCUT2D eigenvalue weighted by atomic mass is 16.4. The molecule has 0 aliphatic heterocycles. The number of aromatic nitrogens is 3. The van der Waals surface area contributed by atoms with Gasteiger partial charge in [-0.25, -0.2) is 14.5 Å². The van der Waals surface area contributed by atoms with Crippen molar-refractivity contribution in [2.45, 2.75) is 32.7 Å². The van der Waals surface area contributed by atoms with Crippen LogP contribution in [0.3, 0.4) is 0 Å². The SMILES string of the molecule is Cc1nc2c(cnn2C(C)C2CC2)cc1C(=O)O. The van der Waals surface area contributed by atoms with Gasteiger partial charge in [0, 0.05) is 5.39 Å². The minimum absolute atomic E-state index is 0.251. The first-order chi connectivity index (χ1) is 8.58. The summed E-state index contributed by atoms with van der Waals surface area (Å²) in [6.07, 6.45) is 4.19. The van der Waals surface area contributed by atoms with Gasteiger partial charge >= 0.3 is 5.97 Å². The first-order valence-corrected chi connectivity index (χ1v) is 6.16. The summed E-state index contributed by atoms with van der Waals surface area (Å²) in [5.41, 5.74) is 1.58. The van der Waals surface area contributed by atoms with Crippen molar-refractivity contribution in [3.63, 3.8) is 0 Å². The molecule has 1 unspecified atom stereocenters. The Bertz CT molecular complexity index is 628. The predicted octanol–water partition coefficient (Wildman–Crippen LogP) is 2.41. The maximum atomic E-state index is 11.1. The summed E-state index contributed by atoms with van der Waals surface area (Å²) < 4.78 is 1.92. The zero-order chi connectivity index (χ0) is 12.9. The normalized spacial score (nSPS) is 17.0. The quantitative estimate of drug-likeness (QED) is 0.901. The molecule has 3 rings (SSSR count). The predicted molar refractivity (Wildman–Crippen MR) is 66.7 cm³/mol. The largest absolute Gasteiger partial charge is 0.478 e. The third-order valence-corrected chi connectivity index (χ3v) is 3.68. The van der Waals surface area contributed by atoms with Crippen LogP contribution in [0.25, 0.3) is 11.0 Å². The van der Waals surface area contributed by atoms with E-state index in [4.69, 9.17) is 5.11 Å². The van der Waals surface area contributed by atoms with Gasteiger partial charge in [0.1, 0.15) is 0 Å². The number of hydrogen-bond donors (Lipinski definition) is 1. The third kappa shape index (κ3) is 1.66. The van der Waals surface area contributed by atoms with Gasteiger partial charge in [0.05, 0.1) is 23.5 Å². The molecule has 1 saturated carbocycles. The van der Waals surface area contributed by atoms with Crippen LogP contribution in [0, 0.1) is 12.8 Å². The number of aryl methyl sites for hydroxylation is 1. The highest BCUT2D eigenvalue weighted by Crippen LogP contribution is 2.40. The average Bonchev–Trinajstić information content (AvgIpc) is 3.08. The second kappa shape index (κ2) is 3.80. The van der Waals surface area contributed by atoms with Gasteiger partial charge in [-0.3, -0.25) is 0 Å². The number of nitrogens with zero attached hydrogens (tertiary/aromatic N) is 3. The molecule has 2 heterocycles. The van der Waals surface area contributed by atoms with Gasteiger partial charge in [-0.1, -0.05) is 0 Å². The summed E-state index contributed by atoms with van der Waals surface area (Å²) in [5, 5.41) is 14.2. The van der Waals surface area contributed by atoms with Crippen LogP contribution < -0.4 is 0 Å². The fourth-order valence-electron chi connectivity index (χ4n) is 2.36. The minimum Gasteiger partial charge on any atom is -0.478 e. The lowest BCUT2D eigenvalue weighted by Crippen LogP contribution is -2.10. The first-order valence-electron chi connectivity index (χ1n) is 6.16. The summed E-state index contributed by atoms with van der Waals surface area (Å²) in [6.45, 7) is 3.87. The molecule has 5 heteroatoms. The molecule has 94 valence electrons. The smallest absolute Gasteiger partial charge is 0.337 e. The average molecular weight is 245 g/mol. The van der Waals surface area contributed by atoms with Gasteiger partial charge < -0.3 is 5.11 Å². The number of hydrogen-bond acceptors (Lipinski definition) is 3. The van der Waals surface area contributed by atoms with Crippen molar-refractivity contribution in [1.29, 1.82) is 0 Å². The summed E-state index contributed by atoms with van der Waals surface area (Å²) in [6, 6.07) is 1.99. The maximum absolute atomic E-state index is 11.1. The van der Waals surface area contributed by atoms with E-state index in [2.05, 4.69) is 17.0 Å². The molecule has 1 aliphatic carbocycles. The van der Waals surface area contributed by atoms with Crippen molar-refractivity contribution in [2.75, 3.05) is 0 Å². The Kier molecular flexibility index (Phi) is 2.36. The van der Waals surface area contributed by atoms with Gasteiger partial charge in [-0.2, -0.15) is 5.10 Å². The Morgan fingerprint density at radius 2 is 2.28 bits per heavy atom. The molecule has 5 nitrogen and oxygen atoms in total. The summed E-state index contributed by atoms with van der Waals surface area (Å²) >= 11 is 0. The molecule has 0 aromatic carbocycles. The van der Waals surface area contributed by atoms with Crippen LogP contribution in [0.15, 0.2) is 12.3 Å². The lowest BCUT2D eigenvalue weighted by atomic mass is 10.1. The van der Waals surface area contributed by atoms with Crippen LogP contribution in [0.2, 0.25) is 0 Å². The Labute approximate surface area is 104 Å². The van der Waals surface area contributed by atoms with Crippen molar-refractivity contribution >= 4 is 17.0 Å². The summed E-state index contributed by atoms with van der Waals surface area (Å²) in [7, 11) is 0. The zero-order valence-electron chi connectivity index (χ0n) is 10.4. The fourth-order valence-corrected chi connectivity index (χ4v) is 2.36. The van der Waals surface area contributed by atoms with E-state index in [9.17, 15) is 4.79 Å². The van der Waals surface area contributed by atoms with E-state index in [1.165, 1.54) is 12.8 Å². The van der Waals surface area contributed by atoms with E-state index in [-0.39, 0.29) is 5.56 Å². The number of aromatic carboxylic acids is 1. The van der Waals surface area contributed by atoms with Crippen molar-refractivity contribution in [2.24, 2.45) is 5.92 Å². The van der Waals surface area contributed by atoms with Gasteiger partial charge in [-0.05, 0) is 38.7 Å². The third-order valence-electron chi connectivity index (χ3n) is 3.68. The fraction of sp³-hybridized carbons (Fsp3) is 0.462. The van der Waals surface area contributed by atoms with E-state index in [1.807, 2.05) is 4.68 Å². The van der Waals surface area contributed by atoms with Gasteiger partial charge in [-0.15, -0.1) is 0 Å². The number of fused-ring (bicyclic) bond motifs is 1. The number of carboxylic acids is 1. The van der Waals surface area contributed by atoms with E-state index >= 15 is 0 Å². The lowest BCUT2D eigenvalue weighted by molar-refractivity contribution is 0.0696. The van der Waals surface area contributed by atoms with Gasteiger partial charge in [0.25, 0.3) is 0 Å². The van der Waals surface area contributed by atoms with Crippen LogP contribution in [-0.4, -0.2) is 25.8 Å². The maximum Gasteiger partial charge on any atom is 0.337 e. The minimum atomic E-state index is -0.940. The van der Waals surface area contributed by atoms with E-state index in [0.717, 1.165) is 11.0 Å². The molecule has 1 atom stereocenters. The van der Waals surface area contributed by atoms with Crippen molar-refractivity contribution in [1.82, 2.24) is 14.8 Å². The number of rotatable bonds is 3. The first kappa shape index (κ1) is 11.2. The standard InChI is InChI=1S/C13H15N3O2/c1-7-11(13(17)18)5-10-6-14-16(12(10)15-7)8(2)9-3-4-9/h5-6,8-9H,3-4H2,1-2H3,(H,17,18). The molecular weight excluding hydrogens is 230 g/mol. The Morgan fingerprint density at radius 3 is 2.89 bits per heavy atom. The molecule has 2 aromatic heterocycles. The highest BCUT2D eigenvalue weighted by Gasteiger charge is 2.30. The van der Waals surface area contributed by atoms with Crippen LogP contribution in [-0.2, 0) is 0 Å². The van der Waals surface area contributed by atoms with Crippen molar-refractivity contribution < 1.29 is 9.90 Å². The van der Waals surface area contributed by atoms with Gasteiger partial charge in [0.15, 0.2) is 5.65 Å². The molecule has 0 amide bonds. The Hall–Kier alpha value is -1.91. The van der Waals surface area contributed by atoms with Crippen LogP contribution in [0.4, 0.5) is 0 Å². The van der Waals surface area contributed by atoms with E-state index in [1.54, 1.807) is 19.2 Å². The van der Waals surface area contributed by atoms with Gasteiger partial charge in [0.2, 0.25) is 0 Å². The number of carboxylic acid groups (broad SMARTS) is 1.